The Labute approximate surface area is 111 Å². The number of anilines is 1. The van der Waals surface area contributed by atoms with E-state index in [1.54, 1.807) is 0 Å². The van der Waals surface area contributed by atoms with Crippen LogP contribution >= 0.6 is 22.6 Å². The largest absolute Gasteiger partial charge is 0.363 e. The number of benzene rings is 1. The lowest BCUT2D eigenvalue weighted by Gasteiger charge is -2.41. The van der Waals surface area contributed by atoms with Crippen molar-refractivity contribution >= 4 is 28.3 Å². The van der Waals surface area contributed by atoms with Gasteiger partial charge < -0.3 is 9.80 Å². The van der Waals surface area contributed by atoms with Gasteiger partial charge in [0, 0.05) is 34.4 Å². The zero-order chi connectivity index (χ0) is 11.1. The van der Waals surface area contributed by atoms with Crippen LogP contribution in [-0.4, -0.2) is 37.1 Å². The van der Waals surface area contributed by atoms with E-state index in [0.717, 1.165) is 12.1 Å². The smallest absolute Gasteiger partial charge is 0.0421 e. The molecular weight excluding hydrogens is 311 g/mol. The van der Waals surface area contributed by atoms with Crippen molar-refractivity contribution in [3.63, 3.8) is 0 Å². The number of fused-ring (bicyclic) bond motifs is 2. The van der Waals surface area contributed by atoms with Crippen molar-refractivity contribution in [2.45, 2.75) is 24.9 Å². The van der Waals surface area contributed by atoms with Gasteiger partial charge in [0.15, 0.2) is 0 Å². The van der Waals surface area contributed by atoms with Crippen LogP contribution in [0.1, 0.15) is 12.8 Å². The minimum absolute atomic E-state index is 0.740. The van der Waals surface area contributed by atoms with Gasteiger partial charge in [-0.1, -0.05) is 0 Å². The van der Waals surface area contributed by atoms with E-state index in [2.05, 4.69) is 63.7 Å². The van der Waals surface area contributed by atoms with Gasteiger partial charge in [-0.2, -0.15) is 0 Å². The third kappa shape index (κ3) is 1.84. The summed E-state index contributed by atoms with van der Waals surface area (Å²) in [5.41, 5.74) is 1.42. The summed E-state index contributed by atoms with van der Waals surface area (Å²) in [7, 11) is 2.25. The Morgan fingerprint density at radius 1 is 1.06 bits per heavy atom. The van der Waals surface area contributed by atoms with Crippen LogP contribution in [0.4, 0.5) is 5.69 Å². The van der Waals surface area contributed by atoms with Crippen molar-refractivity contribution < 1.29 is 0 Å². The molecule has 0 saturated carbocycles. The van der Waals surface area contributed by atoms with Gasteiger partial charge in [0.1, 0.15) is 0 Å². The van der Waals surface area contributed by atoms with Crippen LogP contribution in [0.25, 0.3) is 0 Å². The molecule has 0 radical (unpaired) electrons. The first-order valence-corrected chi connectivity index (χ1v) is 7.04. The second-order valence-corrected chi connectivity index (χ2v) is 6.24. The van der Waals surface area contributed by atoms with Gasteiger partial charge in [-0.15, -0.1) is 0 Å². The van der Waals surface area contributed by atoms with E-state index in [4.69, 9.17) is 0 Å². The Balaban J connectivity index is 1.88. The fourth-order valence-electron chi connectivity index (χ4n) is 3.15. The summed E-state index contributed by atoms with van der Waals surface area (Å²) in [5, 5.41) is 0. The summed E-state index contributed by atoms with van der Waals surface area (Å²) in [6.07, 6.45) is 2.72. The lowest BCUT2D eigenvalue weighted by molar-refractivity contribution is 0.265. The highest BCUT2D eigenvalue weighted by molar-refractivity contribution is 14.1. The lowest BCUT2D eigenvalue weighted by atomic mass is 10.1. The molecule has 0 unspecified atom stereocenters. The number of hydrogen-bond donors (Lipinski definition) is 0. The van der Waals surface area contributed by atoms with E-state index < -0.39 is 0 Å². The molecule has 3 rings (SSSR count). The van der Waals surface area contributed by atoms with E-state index in [9.17, 15) is 0 Å². The molecule has 2 heterocycles. The molecular formula is C13H17IN2. The van der Waals surface area contributed by atoms with E-state index in [1.165, 1.54) is 35.2 Å². The van der Waals surface area contributed by atoms with Gasteiger partial charge >= 0.3 is 0 Å². The molecule has 3 heteroatoms. The van der Waals surface area contributed by atoms with Crippen molar-refractivity contribution in [2.75, 3.05) is 25.0 Å². The summed E-state index contributed by atoms with van der Waals surface area (Å²) in [6, 6.07) is 10.5. The van der Waals surface area contributed by atoms with Crippen LogP contribution in [-0.2, 0) is 0 Å². The number of likely N-dealkylation sites (N-methyl/N-ethyl adjacent to an activating group) is 1. The second-order valence-electron chi connectivity index (χ2n) is 4.99. The quantitative estimate of drug-likeness (QED) is 0.731. The van der Waals surface area contributed by atoms with Crippen molar-refractivity contribution in [1.82, 2.24) is 4.90 Å². The molecule has 2 fully saturated rings. The fraction of sp³-hybridized carbons (Fsp3) is 0.538. The van der Waals surface area contributed by atoms with Gasteiger partial charge in [0.2, 0.25) is 0 Å². The summed E-state index contributed by atoms with van der Waals surface area (Å²) >= 11 is 2.37. The van der Waals surface area contributed by atoms with Gasteiger partial charge in [-0.3, -0.25) is 0 Å². The Kier molecular flexibility index (Phi) is 2.83. The minimum atomic E-state index is 0.740. The molecule has 1 aromatic carbocycles. The van der Waals surface area contributed by atoms with E-state index in [0.29, 0.717) is 0 Å². The molecule has 0 amide bonds. The molecule has 1 aromatic rings. The molecule has 86 valence electrons. The standard InChI is InChI=1S/C13H17IN2/c1-15-8-12-6-7-13(9-15)16(12)11-4-2-10(14)3-5-11/h2-5,12-13H,6-9H2,1H3/t12-,13+. The number of hydrogen-bond acceptors (Lipinski definition) is 2. The van der Waals surface area contributed by atoms with Gasteiger partial charge in [0.05, 0.1) is 0 Å². The first kappa shape index (κ1) is 10.8. The molecule has 16 heavy (non-hydrogen) atoms. The van der Waals surface area contributed by atoms with Crippen LogP contribution < -0.4 is 4.90 Å². The molecule has 0 spiro atoms. The second kappa shape index (κ2) is 4.18. The molecule has 2 aliphatic heterocycles. The first-order chi connectivity index (χ1) is 7.74. The number of piperazine rings is 1. The third-order valence-corrected chi connectivity index (χ3v) is 4.51. The van der Waals surface area contributed by atoms with Crippen LogP contribution in [0.3, 0.4) is 0 Å². The maximum Gasteiger partial charge on any atom is 0.0421 e. The Hall–Kier alpha value is -0.290. The summed E-state index contributed by atoms with van der Waals surface area (Å²) < 4.78 is 1.32. The summed E-state index contributed by atoms with van der Waals surface area (Å²) in [4.78, 5) is 5.13. The average molecular weight is 328 g/mol. The monoisotopic (exact) mass is 328 g/mol. The average Bonchev–Trinajstić information content (AvgIpc) is 2.54. The van der Waals surface area contributed by atoms with Crippen molar-refractivity contribution in [2.24, 2.45) is 0 Å². The topological polar surface area (TPSA) is 6.48 Å². The SMILES string of the molecule is CN1C[C@H]2CC[C@@H](C1)N2c1ccc(I)cc1. The van der Waals surface area contributed by atoms with Crippen LogP contribution in [0.2, 0.25) is 0 Å². The molecule has 2 saturated heterocycles. The van der Waals surface area contributed by atoms with E-state index in [-0.39, 0.29) is 0 Å². The predicted octanol–water partition coefficient (Wildman–Crippen LogP) is 2.57. The summed E-state index contributed by atoms with van der Waals surface area (Å²) in [6.45, 7) is 2.45. The van der Waals surface area contributed by atoms with Crippen LogP contribution in [0, 0.1) is 3.57 Å². The maximum absolute atomic E-state index is 2.65. The molecule has 2 atom stereocenters. The number of halogens is 1. The van der Waals surface area contributed by atoms with Crippen LogP contribution in [0.15, 0.2) is 24.3 Å². The van der Waals surface area contributed by atoms with E-state index in [1.807, 2.05) is 0 Å². The molecule has 0 aliphatic carbocycles. The zero-order valence-electron chi connectivity index (χ0n) is 9.56. The fourth-order valence-corrected chi connectivity index (χ4v) is 3.51. The van der Waals surface area contributed by atoms with Gasteiger partial charge in [-0.25, -0.2) is 0 Å². The number of nitrogens with zero attached hydrogens (tertiary/aromatic N) is 2. The van der Waals surface area contributed by atoms with Crippen LogP contribution in [0.5, 0.6) is 0 Å². The molecule has 2 aliphatic rings. The van der Waals surface area contributed by atoms with E-state index >= 15 is 0 Å². The Bertz CT molecular complexity index is 362. The van der Waals surface area contributed by atoms with Gasteiger partial charge in [0.25, 0.3) is 0 Å². The lowest BCUT2D eigenvalue weighted by Crippen LogP contribution is -2.52. The van der Waals surface area contributed by atoms with Crippen molar-refractivity contribution in [3.8, 4) is 0 Å². The number of rotatable bonds is 1. The highest BCUT2D eigenvalue weighted by Gasteiger charge is 2.38. The highest BCUT2D eigenvalue weighted by Crippen LogP contribution is 2.34. The normalized spacial score (nSPS) is 29.8. The van der Waals surface area contributed by atoms with Gasteiger partial charge in [-0.05, 0) is 66.7 Å². The molecule has 0 N–H and O–H groups in total. The number of likely N-dealkylation sites (tertiary alicyclic amines) is 1. The van der Waals surface area contributed by atoms with Crippen molar-refractivity contribution in [3.05, 3.63) is 27.8 Å². The molecule has 2 nitrogen and oxygen atoms in total. The zero-order valence-corrected chi connectivity index (χ0v) is 11.7. The Morgan fingerprint density at radius 3 is 2.19 bits per heavy atom. The Morgan fingerprint density at radius 2 is 1.62 bits per heavy atom. The van der Waals surface area contributed by atoms with Crippen molar-refractivity contribution in [1.29, 1.82) is 0 Å². The minimum Gasteiger partial charge on any atom is -0.363 e. The highest BCUT2D eigenvalue weighted by atomic mass is 127. The molecule has 0 aromatic heterocycles. The predicted molar refractivity (Wildman–Crippen MR) is 75.9 cm³/mol. The molecule has 2 bridgehead atoms. The first-order valence-electron chi connectivity index (χ1n) is 5.96. The third-order valence-electron chi connectivity index (χ3n) is 3.79. The summed E-state index contributed by atoms with van der Waals surface area (Å²) in [5.74, 6) is 0. The maximum atomic E-state index is 2.65.